The molecule has 0 saturated heterocycles. The molecule has 7 nitrogen and oxygen atoms in total. The number of imidazole rings is 1. The van der Waals surface area contributed by atoms with Gasteiger partial charge in [-0.15, -0.1) is 0 Å². The Bertz CT molecular complexity index is 4570. The zero-order chi connectivity index (χ0) is 46.6. The topological polar surface area (TPSA) is 65.3 Å². The lowest BCUT2D eigenvalue weighted by molar-refractivity contribution is 1.07. The van der Waals surface area contributed by atoms with E-state index in [2.05, 4.69) is 189 Å². The Balaban J connectivity index is 0.917. The first-order chi connectivity index (χ1) is 35.2. The molecule has 71 heavy (non-hydrogen) atoms. The zero-order valence-electron chi connectivity index (χ0n) is 38.1. The first kappa shape index (κ1) is 39.3. The van der Waals surface area contributed by atoms with E-state index in [4.69, 9.17) is 19.9 Å². The molecular formula is C64H39N7. The predicted molar refractivity (Wildman–Crippen MR) is 291 cm³/mol. The van der Waals surface area contributed by atoms with Gasteiger partial charge in [0.15, 0.2) is 17.5 Å². The van der Waals surface area contributed by atoms with Crippen molar-refractivity contribution < 1.29 is 0 Å². The van der Waals surface area contributed by atoms with Gasteiger partial charge in [-0.05, 0) is 95.1 Å². The van der Waals surface area contributed by atoms with Gasteiger partial charge in [-0.3, -0.25) is 8.80 Å². The summed E-state index contributed by atoms with van der Waals surface area (Å²) in [6.07, 6.45) is 0. The smallest absolute Gasteiger partial charge is 0.220 e. The summed E-state index contributed by atoms with van der Waals surface area (Å²) in [5.74, 6) is 2.75. The van der Waals surface area contributed by atoms with E-state index in [1.54, 1.807) is 0 Å². The molecule has 0 fully saturated rings. The van der Waals surface area contributed by atoms with Gasteiger partial charge in [-0.2, -0.15) is 0 Å². The standard InChI is InChI=1S/C64H39N7/c1-4-17-40(18-5-1)61-66-62(41-19-6-2-7-20-41)68-63(67-61)45-22-16-21-42(35-45)44-32-34-59-54(39-44)65-64-70(59)56-29-14-11-26-49(56)52-37-46(38-53-50-27-12-15-30-57(50)71(64)60(52)53)43-31-33-58-51(36-43)48-25-10-13-28-55(48)69(58)47-23-8-3-9-24-47/h1-39H. The highest BCUT2D eigenvalue weighted by Gasteiger charge is 2.22. The molecule has 330 valence electrons. The molecule has 0 amide bonds. The Morgan fingerprint density at radius 2 is 0.704 bits per heavy atom. The first-order valence-corrected chi connectivity index (χ1v) is 24.0. The number of fused-ring (bicyclic) bond motifs is 13. The van der Waals surface area contributed by atoms with E-state index >= 15 is 0 Å². The molecule has 0 saturated carbocycles. The van der Waals surface area contributed by atoms with E-state index in [9.17, 15) is 0 Å². The van der Waals surface area contributed by atoms with E-state index in [1.165, 1.54) is 49.1 Å². The van der Waals surface area contributed by atoms with Gasteiger partial charge in [-0.1, -0.05) is 164 Å². The van der Waals surface area contributed by atoms with Crippen LogP contribution in [0, 0.1) is 0 Å². The van der Waals surface area contributed by atoms with E-state index in [1.807, 2.05) is 60.7 Å². The Kier molecular flexibility index (Phi) is 8.52. The summed E-state index contributed by atoms with van der Waals surface area (Å²) >= 11 is 0. The van der Waals surface area contributed by atoms with Crippen molar-refractivity contribution in [1.29, 1.82) is 0 Å². The monoisotopic (exact) mass is 905 g/mol. The first-order valence-electron chi connectivity index (χ1n) is 24.0. The highest BCUT2D eigenvalue weighted by Crippen LogP contribution is 2.42. The molecule has 15 aromatic rings. The molecule has 15 rings (SSSR count). The molecule has 10 aromatic carbocycles. The minimum absolute atomic E-state index is 0.618. The van der Waals surface area contributed by atoms with Crippen molar-refractivity contribution in [3.63, 3.8) is 0 Å². The van der Waals surface area contributed by atoms with Crippen LogP contribution in [0.15, 0.2) is 237 Å². The molecule has 7 heteroatoms. The molecule has 0 aliphatic carbocycles. The van der Waals surface area contributed by atoms with Crippen molar-refractivity contribution >= 4 is 76.7 Å². The van der Waals surface area contributed by atoms with Crippen molar-refractivity contribution in [3.8, 4) is 62.1 Å². The molecule has 5 heterocycles. The fraction of sp³-hybridized carbons (Fsp3) is 0. The van der Waals surface area contributed by atoms with Gasteiger partial charge in [0.25, 0.3) is 0 Å². The third kappa shape index (κ3) is 6.10. The van der Waals surface area contributed by atoms with Gasteiger partial charge in [0.05, 0.1) is 38.6 Å². The van der Waals surface area contributed by atoms with Crippen LogP contribution in [0.25, 0.3) is 139 Å². The maximum Gasteiger partial charge on any atom is 0.220 e. The Morgan fingerprint density at radius 1 is 0.254 bits per heavy atom. The summed E-state index contributed by atoms with van der Waals surface area (Å²) in [5, 5.41) is 7.17. The zero-order valence-corrected chi connectivity index (χ0v) is 38.1. The van der Waals surface area contributed by atoms with Crippen molar-refractivity contribution in [1.82, 2.24) is 33.3 Å². The summed E-state index contributed by atoms with van der Waals surface area (Å²) in [4.78, 5) is 20.6. The van der Waals surface area contributed by atoms with E-state index in [0.29, 0.717) is 17.5 Å². The summed E-state index contributed by atoms with van der Waals surface area (Å²) in [6.45, 7) is 0. The molecule has 0 atom stereocenters. The van der Waals surface area contributed by atoms with E-state index in [-0.39, 0.29) is 0 Å². The van der Waals surface area contributed by atoms with Gasteiger partial charge < -0.3 is 4.57 Å². The average Bonchev–Trinajstić information content (AvgIpc) is 4.08. The second kappa shape index (κ2) is 15.4. The quantitative estimate of drug-likeness (QED) is 0.167. The molecule has 0 radical (unpaired) electrons. The van der Waals surface area contributed by atoms with Gasteiger partial charge in [0.2, 0.25) is 5.78 Å². The number of hydrogen-bond donors (Lipinski definition) is 0. The lowest BCUT2D eigenvalue weighted by Gasteiger charge is -2.10. The van der Waals surface area contributed by atoms with Gasteiger partial charge in [-0.25, -0.2) is 19.9 Å². The van der Waals surface area contributed by atoms with Crippen LogP contribution in [0.2, 0.25) is 0 Å². The summed E-state index contributed by atoms with van der Waals surface area (Å²) in [6, 6.07) is 84.0. The SMILES string of the molecule is c1ccc(-c2nc(-c3ccccc3)nc(-c3cccc(-c4ccc5c(c4)nc4n5c5ccccc5c5cc(-c6ccc7c(c6)c6ccccc6n7-c6ccccc6)cc6c7ccccc7n4c56)c3)n2)cc1. The van der Waals surface area contributed by atoms with Crippen LogP contribution in [0.1, 0.15) is 0 Å². The molecule has 5 aromatic heterocycles. The third-order valence-corrected chi connectivity index (χ3v) is 14.2. The highest BCUT2D eigenvalue weighted by atomic mass is 15.1. The molecule has 0 bridgehead atoms. The van der Waals surface area contributed by atoms with Crippen molar-refractivity contribution in [3.05, 3.63) is 237 Å². The van der Waals surface area contributed by atoms with Crippen LogP contribution in [0.5, 0.6) is 0 Å². The average molecular weight is 906 g/mol. The maximum atomic E-state index is 5.58. The van der Waals surface area contributed by atoms with Crippen LogP contribution in [0.3, 0.4) is 0 Å². The van der Waals surface area contributed by atoms with Gasteiger partial charge >= 0.3 is 0 Å². The highest BCUT2D eigenvalue weighted by molar-refractivity contribution is 6.22. The van der Waals surface area contributed by atoms with E-state index in [0.717, 1.165) is 72.3 Å². The number of aromatic nitrogens is 7. The molecule has 0 N–H and O–H groups in total. The number of benzene rings is 10. The lowest BCUT2D eigenvalue weighted by atomic mass is 9.97. The number of nitrogens with zero attached hydrogens (tertiary/aromatic N) is 7. The molecule has 0 aliphatic rings. The van der Waals surface area contributed by atoms with Crippen LogP contribution in [-0.2, 0) is 0 Å². The second-order valence-electron chi connectivity index (χ2n) is 18.3. The second-order valence-corrected chi connectivity index (χ2v) is 18.3. The molecule has 0 spiro atoms. The Hall–Kier alpha value is -9.72. The number of hydrogen-bond acceptors (Lipinski definition) is 4. The van der Waals surface area contributed by atoms with Gasteiger partial charge in [0, 0.05) is 54.7 Å². The summed E-state index contributed by atoms with van der Waals surface area (Å²) in [7, 11) is 0. The molecular weight excluding hydrogens is 867 g/mol. The molecule has 0 aliphatic heterocycles. The largest absolute Gasteiger partial charge is 0.309 e. The lowest BCUT2D eigenvalue weighted by Crippen LogP contribution is -2.00. The number of para-hydroxylation sites is 4. The van der Waals surface area contributed by atoms with Crippen molar-refractivity contribution in [2.24, 2.45) is 0 Å². The number of rotatable bonds is 6. The van der Waals surface area contributed by atoms with Crippen LogP contribution in [0.4, 0.5) is 0 Å². The van der Waals surface area contributed by atoms with Crippen molar-refractivity contribution in [2.45, 2.75) is 0 Å². The fourth-order valence-electron chi connectivity index (χ4n) is 11.0. The van der Waals surface area contributed by atoms with Crippen LogP contribution in [-0.4, -0.2) is 33.3 Å². The van der Waals surface area contributed by atoms with Crippen LogP contribution < -0.4 is 0 Å². The maximum absolute atomic E-state index is 5.58. The minimum Gasteiger partial charge on any atom is -0.309 e. The normalized spacial score (nSPS) is 11.9. The Morgan fingerprint density at radius 3 is 1.35 bits per heavy atom. The van der Waals surface area contributed by atoms with Crippen LogP contribution >= 0.6 is 0 Å². The summed E-state index contributed by atoms with van der Waals surface area (Å²) < 4.78 is 7.11. The minimum atomic E-state index is 0.618. The van der Waals surface area contributed by atoms with Gasteiger partial charge in [0.1, 0.15) is 0 Å². The molecule has 0 unspecified atom stereocenters. The summed E-state index contributed by atoms with van der Waals surface area (Å²) in [5.41, 5.74) is 16.1. The fourth-order valence-corrected chi connectivity index (χ4v) is 11.0. The van der Waals surface area contributed by atoms with E-state index < -0.39 is 0 Å². The Labute approximate surface area is 406 Å². The van der Waals surface area contributed by atoms with Crippen molar-refractivity contribution in [2.75, 3.05) is 0 Å². The predicted octanol–water partition coefficient (Wildman–Crippen LogP) is 15.8. The third-order valence-electron chi connectivity index (χ3n) is 14.2.